The van der Waals surface area contributed by atoms with Gasteiger partial charge in [0.05, 0.1) is 20.4 Å². The SMILES string of the molecule is CC[C@@H](CC(=O)c1ccc(OC)nc1)C1CCC(c2cncc(OC)c2)CC1. The van der Waals surface area contributed by atoms with Gasteiger partial charge in [0.1, 0.15) is 5.75 Å². The fourth-order valence-corrected chi connectivity index (χ4v) is 4.36. The lowest BCUT2D eigenvalue weighted by molar-refractivity contribution is 0.0925. The average molecular weight is 383 g/mol. The van der Waals surface area contributed by atoms with Gasteiger partial charge < -0.3 is 9.47 Å². The fraction of sp³-hybridized carbons (Fsp3) is 0.522. The third kappa shape index (κ3) is 4.89. The van der Waals surface area contributed by atoms with E-state index < -0.39 is 0 Å². The van der Waals surface area contributed by atoms with E-state index in [4.69, 9.17) is 9.47 Å². The maximum absolute atomic E-state index is 12.7. The van der Waals surface area contributed by atoms with E-state index >= 15 is 0 Å². The Morgan fingerprint density at radius 3 is 2.50 bits per heavy atom. The minimum absolute atomic E-state index is 0.182. The van der Waals surface area contributed by atoms with Crippen LogP contribution in [0.3, 0.4) is 0 Å². The van der Waals surface area contributed by atoms with Crippen molar-refractivity contribution < 1.29 is 14.3 Å². The molecule has 0 saturated heterocycles. The Morgan fingerprint density at radius 2 is 1.89 bits per heavy atom. The molecule has 0 spiro atoms. The minimum Gasteiger partial charge on any atom is -0.495 e. The maximum Gasteiger partial charge on any atom is 0.212 e. The summed E-state index contributed by atoms with van der Waals surface area (Å²) in [5.74, 6) is 3.12. The molecule has 0 amide bonds. The zero-order chi connectivity index (χ0) is 19.9. The number of ether oxygens (including phenoxy) is 2. The van der Waals surface area contributed by atoms with Crippen LogP contribution in [-0.2, 0) is 0 Å². The van der Waals surface area contributed by atoms with Crippen molar-refractivity contribution in [3.05, 3.63) is 47.9 Å². The van der Waals surface area contributed by atoms with Crippen LogP contribution in [0.15, 0.2) is 36.8 Å². The minimum atomic E-state index is 0.182. The highest BCUT2D eigenvalue weighted by Crippen LogP contribution is 2.41. The summed E-state index contributed by atoms with van der Waals surface area (Å²) in [6.07, 6.45) is 11.6. The predicted octanol–water partition coefficient (Wildman–Crippen LogP) is 5.07. The number of carbonyl (C=O) groups is 1. The molecule has 5 heteroatoms. The lowest BCUT2D eigenvalue weighted by Crippen LogP contribution is -2.23. The maximum atomic E-state index is 12.7. The molecule has 0 radical (unpaired) electrons. The Morgan fingerprint density at radius 1 is 1.11 bits per heavy atom. The molecule has 0 aromatic carbocycles. The van der Waals surface area contributed by atoms with Crippen LogP contribution in [0.25, 0.3) is 0 Å². The van der Waals surface area contributed by atoms with Crippen molar-refractivity contribution >= 4 is 5.78 Å². The molecule has 0 N–H and O–H groups in total. The second kappa shape index (κ2) is 9.67. The van der Waals surface area contributed by atoms with Crippen LogP contribution in [0.4, 0.5) is 0 Å². The number of rotatable bonds is 8. The van der Waals surface area contributed by atoms with E-state index in [-0.39, 0.29) is 5.78 Å². The van der Waals surface area contributed by atoms with Crippen LogP contribution < -0.4 is 9.47 Å². The van der Waals surface area contributed by atoms with E-state index in [0.29, 0.717) is 35.6 Å². The van der Waals surface area contributed by atoms with Crippen LogP contribution in [0, 0.1) is 11.8 Å². The van der Waals surface area contributed by atoms with Crippen molar-refractivity contribution in [3.8, 4) is 11.6 Å². The highest BCUT2D eigenvalue weighted by molar-refractivity contribution is 5.95. The molecular weight excluding hydrogens is 352 g/mol. The van der Waals surface area contributed by atoms with Gasteiger partial charge in [-0.25, -0.2) is 4.98 Å². The van der Waals surface area contributed by atoms with Gasteiger partial charge in [0.15, 0.2) is 5.78 Å². The molecule has 28 heavy (non-hydrogen) atoms. The highest BCUT2D eigenvalue weighted by atomic mass is 16.5. The number of hydrogen-bond donors (Lipinski definition) is 0. The van der Waals surface area contributed by atoms with Crippen LogP contribution in [0.1, 0.15) is 67.3 Å². The first kappa shape index (κ1) is 20.3. The molecule has 0 unspecified atom stereocenters. The van der Waals surface area contributed by atoms with E-state index in [1.54, 1.807) is 32.7 Å². The first-order chi connectivity index (χ1) is 13.6. The van der Waals surface area contributed by atoms with Crippen molar-refractivity contribution in [1.29, 1.82) is 0 Å². The van der Waals surface area contributed by atoms with Gasteiger partial charge in [-0.05, 0) is 61.1 Å². The quantitative estimate of drug-likeness (QED) is 0.597. The Bertz CT molecular complexity index is 768. The number of pyridine rings is 2. The first-order valence-corrected chi connectivity index (χ1v) is 10.2. The zero-order valence-corrected chi connectivity index (χ0v) is 17.1. The van der Waals surface area contributed by atoms with Crippen molar-refractivity contribution in [1.82, 2.24) is 9.97 Å². The summed E-state index contributed by atoms with van der Waals surface area (Å²) >= 11 is 0. The predicted molar refractivity (Wildman–Crippen MR) is 109 cm³/mol. The van der Waals surface area contributed by atoms with Crippen LogP contribution in [-0.4, -0.2) is 30.0 Å². The molecule has 1 atom stereocenters. The number of hydrogen-bond acceptors (Lipinski definition) is 5. The molecule has 1 aliphatic carbocycles. The first-order valence-electron chi connectivity index (χ1n) is 10.2. The summed E-state index contributed by atoms with van der Waals surface area (Å²) in [4.78, 5) is 21.2. The van der Waals surface area contributed by atoms with Crippen LogP contribution >= 0.6 is 0 Å². The summed E-state index contributed by atoms with van der Waals surface area (Å²) in [5.41, 5.74) is 1.95. The molecule has 3 rings (SSSR count). The van der Waals surface area contributed by atoms with Crippen molar-refractivity contribution in [2.24, 2.45) is 11.8 Å². The Hall–Kier alpha value is -2.43. The van der Waals surface area contributed by atoms with E-state index in [1.165, 1.54) is 5.56 Å². The Kier molecular flexibility index (Phi) is 7.01. The molecule has 0 bridgehead atoms. The number of Topliss-reactive ketones (excluding diaryl/α,β-unsaturated/α-hetero) is 1. The van der Waals surface area contributed by atoms with E-state index in [0.717, 1.165) is 37.9 Å². The lowest BCUT2D eigenvalue weighted by atomic mass is 9.72. The summed E-state index contributed by atoms with van der Waals surface area (Å²) in [7, 11) is 3.26. The smallest absolute Gasteiger partial charge is 0.212 e. The third-order valence-corrected chi connectivity index (χ3v) is 6.12. The summed E-state index contributed by atoms with van der Waals surface area (Å²) in [5, 5.41) is 0. The van der Waals surface area contributed by atoms with Crippen LogP contribution in [0.2, 0.25) is 0 Å². The number of ketones is 1. The molecular formula is C23H30N2O3. The topological polar surface area (TPSA) is 61.3 Å². The lowest BCUT2D eigenvalue weighted by Gasteiger charge is -2.33. The second-order valence-electron chi connectivity index (χ2n) is 7.65. The number of methoxy groups -OCH3 is 2. The van der Waals surface area contributed by atoms with Crippen molar-refractivity contribution in [3.63, 3.8) is 0 Å². The standard InChI is InChI=1S/C23H30N2O3/c1-4-16(12-22(26)19-9-10-23(28-3)25-14-19)17-5-7-18(8-6-17)20-11-21(27-2)15-24-13-20/h9-11,13-18H,4-8,12H2,1-3H3/t16-,17?,18?/m0/s1. The van der Waals surface area contributed by atoms with E-state index in [2.05, 4.69) is 23.0 Å². The number of carbonyl (C=O) groups excluding carboxylic acids is 1. The second-order valence-corrected chi connectivity index (χ2v) is 7.65. The highest BCUT2D eigenvalue weighted by Gasteiger charge is 2.29. The molecule has 2 aromatic rings. The molecule has 1 fully saturated rings. The van der Waals surface area contributed by atoms with Crippen LogP contribution in [0.5, 0.6) is 11.6 Å². The fourth-order valence-electron chi connectivity index (χ4n) is 4.36. The Balaban J connectivity index is 1.57. The van der Waals surface area contributed by atoms with Crippen molar-refractivity contribution in [2.45, 2.75) is 51.4 Å². The average Bonchev–Trinajstić information content (AvgIpc) is 2.77. The third-order valence-electron chi connectivity index (χ3n) is 6.12. The zero-order valence-electron chi connectivity index (χ0n) is 17.1. The van der Waals surface area contributed by atoms with Gasteiger partial charge in [0, 0.05) is 30.4 Å². The van der Waals surface area contributed by atoms with Gasteiger partial charge in [0.25, 0.3) is 0 Å². The molecule has 2 heterocycles. The normalized spacial score (nSPS) is 20.4. The van der Waals surface area contributed by atoms with E-state index in [1.807, 2.05) is 12.3 Å². The van der Waals surface area contributed by atoms with Gasteiger partial charge in [-0.1, -0.05) is 13.3 Å². The number of nitrogens with zero attached hydrogens (tertiary/aromatic N) is 2. The summed E-state index contributed by atoms with van der Waals surface area (Å²) < 4.78 is 10.4. The largest absolute Gasteiger partial charge is 0.495 e. The molecule has 0 aliphatic heterocycles. The molecule has 5 nitrogen and oxygen atoms in total. The van der Waals surface area contributed by atoms with Crippen molar-refractivity contribution in [2.75, 3.05) is 14.2 Å². The van der Waals surface area contributed by atoms with Gasteiger partial charge in [-0.2, -0.15) is 0 Å². The van der Waals surface area contributed by atoms with Gasteiger partial charge in [-0.15, -0.1) is 0 Å². The van der Waals surface area contributed by atoms with E-state index in [9.17, 15) is 4.79 Å². The van der Waals surface area contributed by atoms with Gasteiger partial charge in [-0.3, -0.25) is 9.78 Å². The monoisotopic (exact) mass is 382 g/mol. The molecule has 2 aromatic heterocycles. The molecule has 1 saturated carbocycles. The van der Waals surface area contributed by atoms with Gasteiger partial charge >= 0.3 is 0 Å². The summed E-state index contributed by atoms with van der Waals surface area (Å²) in [6, 6.07) is 5.67. The molecule has 150 valence electrons. The Labute approximate surface area is 167 Å². The molecule has 1 aliphatic rings. The summed E-state index contributed by atoms with van der Waals surface area (Å²) in [6.45, 7) is 2.20. The van der Waals surface area contributed by atoms with Gasteiger partial charge in [0.2, 0.25) is 5.88 Å². The number of aromatic nitrogens is 2.